The van der Waals surface area contributed by atoms with E-state index in [9.17, 15) is 0 Å². The van der Waals surface area contributed by atoms with Crippen molar-refractivity contribution < 1.29 is 0 Å². The Labute approximate surface area is 125 Å². The van der Waals surface area contributed by atoms with Crippen LogP contribution in [0, 0.1) is 0 Å². The number of hydrogen-bond donors (Lipinski definition) is 0. The summed E-state index contributed by atoms with van der Waals surface area (Å²) in [7, 11) is 0. The zero-order chi connectivity index (χ0) is 13.6. The van der Waals surface area contributed by atoms with Crippen molar-refractivity contribution in [1.29, 1.82) is 0 Å². The SMILES string of the molecule is c1ccc(C[As](c2ccccc2)c2ccccc2)cc1. The molecular formula is C19H17As. The third-order valence-electron chi connectivity index (χ3n) is 3.32. The summed E-state index contributed by atoms with van der Waals surface area (Å²) in [5.41, 5.74) is 1.44. The predicted octanol–water partition coefficient (Wildman–Crippen LogP) is 3.08. The molecule has 0 bridgehead atoms. The second kappa shape index (κ2) is 6.59. The summed E-state index contributed by atoms with van der Waals surface area (Å²) in [6.07, 6.45) is 0. The molecule has 0 amide bonds. The summed E-state index contributed by atoms with van der Waals surface area (Å²) in [6.45, 7) is 0. The number of rotatable bonds is 4. The van der Waals surface area contributed by atoms with Crippen LogP contribution in [0.15, 0.2) is 91.0 Å². The first-order valence-electron chi connectivity index (χ1n) is 6.85. The number of benzene rings is 3. The van der Waals surface area contributed by atoms with Gasteiger partial charge in [0.1, 0.15) is 0 Å². The molecule has 20 heavy (non-hydrogen) atoms. The van der Waals surface area contributed by atoms with Gasteiger partial charge in [-0.25, -0.2) is 0 Å². The van der Waals surface area contributed by atoms with Crippen molar-refractivity contribution in [3.8, 4) is 0 Å². The van der Waals surface area contributed by atoms with Crippen molar-refractivity contribution in [3.05, 3.63) is 96.6 Å². The molecule has 0 aliphatic rings. The molecule has 0 aliphatic carbocycles. The Balaban J connectivity index is 1.96. The Bertz CT molecular complexity index is 593. The van der Waals surface area contributed by atoms with Crippen LogP contribution < -0.4 is 8.70 Å². The van der Waals surface area contributed by atoms with E-state index in [1.54, 1.807) is 0 Å². The van der Waals surface area contributed by atoms with Crippen LogP contribution in [0.25, 0.3) is 0 Å². The van der Waals surface area contributed by atoms with Gasteiger partial charge in [-0.05, 0) is 0 Å². The average Bonchev–Trinajstić information content (AvgIpc) is 2.55. The minimum absolute atomic E-state index is 1.18. The van der Waals surface area contributed by atoms with Gasteiger partial charge in [0.25, 0.3) is 0 Å². The molecule has 0 heterocycles. The van der Waals surface area contributed by atoms with E-state index in [1.807, 2.05) is 0 Å². The second-order valence-electron chi connectivity index (χ2n) is 4.74. The van der Waals surface area contributed by atoms with Crippen molar-refractivity contribution >= 4 is 23.4 Å². The maximum absolute atomic E-state index is 2.29. The van der Waals surface area contributed by atoms with Crippen LogP contribution in [0.5, 0.6) is 0 Å². The number of hydrogen-bond acceptors (Lipinski definition) is 0. The van der Waals surface area contributed by atoms with Crippen LogP contribution in [-0.4, -0.2) is 14.7 Å². The molecule has 0 aliphatic heterocycles. The first-order chi connectivity index (χ1) is 9.93. The molecule has 3 rings (SSSR count). The summed E-state index contributed by atoms with van der Waals surface area (Å²) in [5.74, 6) is 0. The maximum atomic E-state index is 2.29. The fourth-order valence-corrected chi connectivity index (χ4v) is 7.15. The van der Waals surface area contributed by atoms with Gasteiger partial charge in [0.2, 0.25) is 0 Å². The van der Waals surface area contributed by atoms with Crippen LogP contribution >= 0.6 is 0 Å². The fraction of sp³-hybridized carbons (Fsp3) is 0.0526. The molecule has 0 saturated heterocycles. The van der Waals surface area contributed by atoms with Crippen LogP contribution in [0.3, 0.4) is 0 Å². The molecule has 0 atom stereocenters. The van der Waals surface area contributed by atoms with Gasteiger partial charge in [-0.1, -0.05) is 0 Å². The normalized spacial score (nSPS) is 10.7. The summed E-state index contributed by atoms with van der Waals surface area (Å²) in [6, 6.07) is 32.8. The third kappa shape index (κ3) is 3.21. The molecule has 3 aromatic carbocycles. The first-order valence-corrected chi connectivity index (χ1v) is 10.1. The van der Waals surface area contributed by atoms with Crippen LogP contribution in [0.2, 0.25) is 0 Å². The summed E-state index contributed by atoms with van der Waals surface area (Å²) < 4.78 is 3.05. The van der Waals surface area contributed by atoms with Crippen LogP contribution in [0.4, 0.5) is 0 Å². The molecule has 0 radical (unpaired) electrons. The molecule has 0 nitrogen and oxygen atoms in total. The summed E-state index contributed by atoms with van der Waals surface area (Å²) >= 11 is -1.26. The Morgan fingerprint density at radius 1 is 0.500 bits per heavy atom. The molecule has 98 valence electrons. The molecule has 0 spiro atoms. The minimum atomic E-state index is -1.26. The van der Waals surface area contributed by atoms with E-state index in [0.717, 1.165) is 0 Å². The summed E-state index contributed by atoms with van der Waals surface area (Å²) in [4.78, 5) is 0. The summed E-state index contributed by atoms with van der Waals surface area (Å²) in [5, 5.41) is 1.18. The standard InChI is InChI=1S/C19H17As/c1-4-10-17(11-5-1)16-20(18-12-6-2-7-13-18)19-14-8-3-9-15-19/h1-15H,16H2. The molecular weight excluding hydrogens is 303 g/mol. The van der Waals surface area contributed by atoms with Crippen molar-refractivity contribution in [3.63, 3.8) is 0 Å². The molecule has 0 N–H and O–H groups in total. The van der Waals surface area contributed by atoms with E-state index in [-0.39, 0.29) is 0 Å². The van der Waals surface area contributed by atoms with Crippen molar-refractivity contribution in [1.82, 2.24) is 0 Å². The Kier molecular flexibility index (Phi) is 4.35. The monoisotopic (exact) mass is 320 g/mol. The quantitative estimate of drug-likeness (QED) is 0.648. The Morgan fingerprint density at radius 2 is 0.900 bits per heavy atom. The molecule has 3 aromatic rings. The Hall–Kier alpha value is -1.78. The predicted molar refractivity (Wildman–Crippen MR) is 88.1 cm³/mol. The van der Waals surface area contributed by atoms with E-state index in [2.05, 4.69) is 91.0 Å². The zero-order valence-electron chi connectivity index (χ0n) is 11.3. The molecule has 0 fully saturated rings. The van der Waals surface area contributed by atoms with Gasteiger partial charge in [0.05, 0.1) is 0 Å². The van der Waals surface area contributed by atoms with E-state index in [4.69, 9.17) is 0 Å². The molecule has 1 heteroatoms. The zero-order valence-corrected chi connectivity index (χ0v) is 13.2. The van der Waals surface area contributed by atoms with Gasteiger partial charge >= 0.3 is 125 Å². The van der Waals surface area contributed by atoms with Gasteiger partial charge in [0.15, 0.2) is 0 Å². The van der Waals surface area contributed by atoms with E-state index >= 15 is 0 Å². The van der Waals surface area contributed by atoms with Crippen molar-refractivity contribution in [2.75, 3.05) is 0 Å². The van der Waals surface area contributed by atoms with Crippen molar-refractivity contribution in [2.45, 2.75) is 5.21 Å². The molecule has 0 unspecified atom stereocenters. The van der Waals surface area contributed by atoms with Gasteiger partial charge in [0, 0.05) is 0 Å². The van der Waals surface area contributed by atoms with Gasteiger partial charge in [-0.2, -0.15) is 0 Å². The van der Waals surface area contributed by atoms with Gasteiger partial charge in [-0.3, -0.25) is 0 Å². The molecule has 0 aromatic heterocycles. The van der Waals surface area contributed by atoms with Crippen molar-refractivity contribution in [2.24, 2.45) is 0 Å². The average molecular weight is 320 g/mol. The second-order valence-corrected chi connectivity index (χ2v) is 9.37. The van der Waals surface area contributed by atoms with Crippen LogP contribution in [-0.2, 0) is 5.21 Å². The van der Waals surface area contributed by atoms with Gasteiger partial charge in [-0.15, -0.1) is 0 Å². The third-order valence-corrected chi connectivity index (χ3v) is 8.62. The Morgan fingerprint density at radius 3 is 1.35 bits per heavy atom. The topological polar surface area (TPSA) is 0 Å². The first kappa shape index (κ1) is 13.2. The van der Waals surface area contributed by atoms with Gasteiger partial charge < -0.3 is 0 Å². The van der Waals surface area contributed by atoms with Crippen LogP contribution in [0.1, 0.15) is 5.56 Å². The van der Waals surface area contributed by atoms with E-state index in [0.29, 0.717) is 0 Å². The molecule has 0 saturated carbocycles. The fourth-order valence-electron chi connectivity index (χ4n) is 2.31. The van der Waals surface area contributed by atoms with E-state index in [1.165, 1.54) is 19.5 Å². The van der Waals surface area contributed by atoms with E-state index < -0.39 is 14.7 Å².